The number of aliphatic hydroxyl groups excluding tert-OH is 1. The van der Waals surface area contributed by atoms with Crippen molar-refractivity contribution in [3.8, 4) is 0 Å². The number of nitrogen functional groups attached to an aromatic ring is 1. The average molecular weight is 269 g/mol. The SMILES string of the molecule is Nc1cc(Cl)ccc1C(=O)N1CCC(CO)CC1. The van der Waals surface area contributed by atoms with Crippen molar-refractivity contribution in [2.75, 3.05) is 25.4 Å². The van der Waals surface area contributed by atoms with E-state index in [9.17, 15) is 4.79 Å². The molecule has 1 aromatic carbocycles. The van der Waals surface area contributed by atoms with Gasteiger partial charge in [0.25, 0.3) is 5.91 Å². The Bertz CT molecular complexity index is 443. The maximum Gasteiger partial charge on any atom is 0.255 e. The average Bonchev–Trinajstić information content (AvgIpc) is 2.38. The van der Waals surface area contributed by atoms with Crippen molar-refractivity contribution in [1.29, 1.82) is 0 Å². The first kappa shape index (κ1) is 13.2. The summed E-state index contributed by atoms with van der Waals surface area (Å²) in [6, 6.07) is 4.93. The number of hydrogen-bond acceptors (Lipinski definition) is 3. The van der Waals surface area contributed by atoms with Crippen molar-refractivity contribution < 1.29 is 9.90 Å². The lowest BCUT2D eigenvalue weighted by Gasteiger charge is -2.31. The Morgan fingerprint density at radius 3 is 2.67 bits per heavy atom. The van der Waals surface area contributed by atoms with Gasteiger partial charge in [-0.05, 0) is 37.0 Å². The fourth-order valence-corrected chi connectivity index (χ4v) is 2.40. The third-order valence-electron chi connectivity index (χ3n) is 3.40. The van der Waals surface area contributed by atoms with Gasteiger partial charge in [0, 0.05) is 30.4 Å². The minimum Gasteiger partial charge on any atom is -0.398 e. The van der Waals surface area contributed by atoms with Gasteiger partial charge in [0.2, 0.25) is 0 Å². The molecule has 1 heterocycles. The predicted octanol–water partition coefficient (Wildman–Crippen LogP) is 1.77. The topological polar surface area (TPSA) is 66.6 Å². The van der Waals surface area contributed by atoms with Crippen LogP contribution >= 0.6 is 11.6 Å². The number of piperidine rings is 1. The molecule has 0 spiro atoms. The highest BCUT2D eigenvalue weighted by molar-refractivity contribution is 6.31. The summed E-state index contributed by atoms with van der Waals surface area (Å²) in [4.78, 5) is 14.1. The van der Waals surface area contributed by atoms with Gasteiger partial charge in [-0.3, -0.25) is 4.79 Å². The Labute approximate surface area is 111 Å². The largest absolute Gasteiger partial charge is 0.398 e. The van der Waals surface area contributed by atoms with Crippen LogP contribution in [-0.2, 0) is 0 Å². The van der Waals surface area contributed by atoms with E-state index >= 15 is 0 Å². The third kappa shape index (κ3) is 2.76. The number of anilines is 1. The summed E-state index contributed by atoms with van der Waals surface area (Å²) >= 11 is 5.81. The second-order valence-electron chi connectivity index (χ2n) is 4.65. The van der Waals surface area contributed by atoms with Crippen LogP contribution in [0, 0.1) is 5.92 Å². The van der Waals surface area contributed by atoms with Crippen LogP contribution in [0.1, 0.15) is 23.2 Å². The molecule has 98 valence electrons. The van der Waals surface area contributed by atoms with Gasteiger partial charge in [0.1, 0.15) is 0 Å². The van der Waals surface area contributed by atoms with E-state index in [-0.39, 0.29) is 12.5 Å². The maximum atomic E-state index is 12.3. The molecule has 0 aliphatic carbocycles. The lowest BCUT2D eigenvalue weighted by Crippen LogP contribution is -2.39. The summed E-state index contributed by atoms with van der Waals surface area (Å²) in [7, 11) is 0. The van der Waals surface area contributed by atoms with E-state index in [1.54, 1.807) is 23.1 Å². The van der Waals surface area contributed by atoms with Gasteiger partial charge in [-0.1, -0.05) is 11.6 Å². The standard InChI is InChI=1S/C13H17ClN2O2/c14-10-1-2-11(12(15)7-10)13(18)16-5-3-9(8-17)4-6-16/h1-2,7,9,17H,3-6,8,15H2. The molecule has 1 amide bonds. The molecule has 1 aliphatic rings. The van der Waals surface area contributed by atoms with Crippen molar-refractivity contribution in [3.63, 3.8) is 0 Å². The molecule has 4 nitrogen and oxygen atoms in total. The van der Waals surface area contributed by atoms with Crippen molar-refractivity contribution >= 4 is 23.2 Å². The Kier molecular flexibility index (Phi) is 4.09. The summed E-state index contributed by atoms with van der Waals surface area (Å²) in [5, 5.41) is 9.60. The summed E-state index contributed by atoms with van der Waals surface area (Å²) in [6.45, 7) is 1.55. The van der Waals surface area contributed by atoms with Crippen LogP contribution in [0.4, 0.5) is 5.69 Å². The summed E-state index contributed by atoms with van der Waals surface area (Å²) in [5.74, 6) is 0.261. The van der Waals surface area contributed by atoms with Crippen LogP contribution in [-0.4, -0.2) is 35.6 Å². The summed E-state index contributed by atoms with van der Waals surface area (Å²) in [6.07, 6.45) is 1.69. The van der Waals surface area contributed by atoms with E-state index in [2.05, 4.69) is 0 Å². The van der Waals surface area contributed by atoms with Crippen LogP contribution in [0.25, 0.3) is 0 Å². The number of nitrogens with two attached hydrogens (primary N) is 1. The molecule has 0 aromatic heterocycles. The first-order chi connectivity index (χ1) is 8.61. The monoisotopic (exact) mass is 268 g/mol. The molecule has 1 fully saturated rings. The fraction of sp³-hybridized carbons (Fsp3) is 0.462. The van der Waals surface area contributed by atoms with Gasteiger partial charge in [-0.2, -0.15) is 0 Å². The lowest BCUT2D eigenvalue weighted by atomic mass is 9.97. The Hall–Kier alpha value is -1.26. The molecule has 3 N–H and O–H groups in total. The number of halogens is 1. The first-order valence-electron chi connectivity index (χ1n) is 6.07. The molecule has 2 rings (SSSR count). The van der Waals surface area contributed by atoms with E-state index in [0.29, 0.717) is 35.3 Å². The zero-order valence-corrected chi connectivity index (χ0v) is 10.9. The normalized spacial score (nSPS) is 16.9. The quantitative estimate of drug-likeness (QED) is 0.804. The minimum atomic E-state index is -0.0550. The zero-order chi connectivity index (χ0) is 13.1. The maximum absolute atomic E-state index is 12.3. The second kappa shape index (κ2) is 5.59. The van der Waals surface area contributed by atoms with E-state index in [0.717, 1.165) is 12.8 Å². The molecular formula is C13H17ClN2O2. The minimum absolute atomic E-state index is 0.0550. The lowest BCUT2D eigenvalue weighted by molar-refractivity contribution is 0.0652. The van der Waals surface area contributed by atoms with Crippen molar-refractivity contribution in [1.82, 2.24) is 4.90 Å². The van der Waals surface area contributed by atoms with Crippen molar-refractivity contribution in [3.05, 3.63) is 28.8 Å². The van der Waals surface area contributed by atoms with Crippen LogP contribution in [0.5, 0.6) is 0 Å². The molecule has 1 saturated heterocycles. The number of benzene rings is 1. The van der Waals surface area contributed by atoms with Gasteiger partial charge in [0.05, 0.1) is 5.56 Å². The van der Waals surface area contributed by atoms with Crippen LogP contribution in [0.3, 0.4) is 0 Å². The molecule has 18 heavy (non-hydrogen) atoms. The number of nitrogens with zero attached hydrogens (tertiary/aromatic N) is 1. The highest BCUT2D eigenvalue weighted by Gasteiger charge is 2.24. The van der Waals surface area contributed by atoms with Gasteiger partial charge in [-0.15, -0.1) is 0 Å². The molecule has 0 saturated carbocycles. The summed E-state index contributed by atoms with van der Waals surface area (Å²) in [5.41, 5.74) is 6.73. The molecule has 1 aliphatic heterocycles. The van der Waals surface area contributed by atoms with E-state index in [1.807, 2.05) is 0 Å². The molecule has 0 radical (unpaired) electrons. The number of aliphatic hydroxyl groups is 1. The van der Waals surface area contributed by atoms with E-state index < -0.39 is 0 Å². The van der Waals surface area contributed by atoms with Gasteiger partial charge in [0.15, 0.2) is 0 Å². The number of rotatable bonds is 2. The van der Waals surface area contributed by atoms with Crippen molar-refractivity contribution in [2.24, 2.45) is 5.92 Å². The molecule has 5 heteroatoms. The highest BCUT2D eigenvalue weighted by Crippen LogP contribution is 2.23. The molecule has 0 atom stereocenters. The number of amides is 1. The van der Waals surface area contributed by atoms with E-state index in [1.165, 1.54) is 0 Å². The Morgan fingerprint density at radius 1 is 1.44 bits per heavy atom. The van der Waals surface area contributed by atoms with Crippen molar-refractivity contribution in [2.45, 2.75) is 12.8 Å². The van der Waals surface area contributed by atoms with E-state index in [4.69, 9.17) is 22.4 Å². The first-order valence-corrected chi connectivity index (χ1v) is 6.44. The zero-order valence-electron chi connectivity index (χ0n) is 10.1. The Morgan fingerprint density at radius 2 is 2.11 bits per heavy atom. The predicted molar refractivity (Wildman–Crippen MR) is 71.6 cm³/mol. The number of carbonyl (C=O) groups is 1. The molecular weight excluding hydrogens is 252 g/mol. The summed E-state index contributed by atoms with van der Waals surface area (Å²) < 4.78 is 0. The van der Waals surface area contributed by atoms with Crippen LogP contribution in [0.2, 0.25) is 5.02 Å². The number of hydrogen-bond donors (Lipinski definition) is 2. The second-order valence-corrected chi connectivity index (χ2v) is 5.09. The highest BCUT2D eigenvalue weighted by atomic mass is 35.5. The third-order valence-corrected chi connectivity index (χ3v) is 3.64. The van der Waals surface area contributed by atoms with Crippen LogP contribution in [0.15, 0.2) is 18.2 Å². The fourth-order valence-electron chi connectivity index (χ4n) is 2.22. The molecule has 1 aromatic rings. The number of likely N-dealkylation sites (tertiary alicyclic amines) is 1. The molecule has 0 unspecified atom stereocenters. The van der Waals surface area contributed by atoms with Crippen LogP contribution < -0.4 is 5.73 Å². The number of carbonyl (C=O) groups excluding carboxylic acids is 1. The Balaban J connectivity index is 2.08. The molecule has 0 bridgehead atoms. The van der Waals surface area contributed by atoms with Gasteiger partial charge < -0.3 is 15.7 Å². The van der Waals surface area contributed by atoms with Gasteiger partial charge in [-0.25, -0.2) is 0 Å². The smallest absolute Gasteiger partial charge is 0.255 e. The van der Waals surface area contributed by atoms with Gasteiger partial charge >= 0.3 is 0 Å².